The number of unbranched alkanes of at least 4 members (excludes halogenated alkanes) is 2. The van der Waals surface area contributed by atoms with Gasteiger partial charge in [0.15, 0.2) is 0 Å². The first-order valence-corrected chi connectivity index (χ1v) is 10.4. The third-order valence-corrected chi connectivity index (χ3v) is 6.17. The van der Waals surface area contributed by atoms with Crippen molar-refractivity contribution < 1.29 is 14.9 Å². The third-order valence-electron chi connectivity index (χ3n) is 6.17. The molecule has 2 N–H and O–H groups in total. The fourth-order valence-electron chi connectivity index (χ4n) is 4.88. The molecule has 0 radical (unpaired) electrons. The van der Waals surface area contributed by atoms with Crippen molar-refractivity contribution >= 4 is 0 Å². The second-order valence-electron chi connectivity index (χ2n) is 7.98. The van der Waals surface area contributed by atoms with E-state index in [1.165, 1.54) is 37.7 Å². The molecule has 5 unspecified atom stereocenters. The van der Waals surface area contributed by atoms with Gasteiger partial charge in [0, 0.05) is 0 Å². The summed E-state index contributed by atoms with van der Waals surface area (Å²) in [6.07, 6.45) is 14.4. The molecular weight excluding hydrogens is 324 g/mol. The highest BCUT2D eigenvalue weighted by Crippen LogP contribution is 2.47. The van der Waals surface area contributed by atoms with Crippen molar-refractivity contribution in [2.24, 2.45) is 11.8 Å². The summed E-state index contributed by atoms with van der Waals surface area (Å²) in [6, 6.07) is 10.3. The summed E-state index contributed by atoms with van der Waals surface area (Å²) in [5.41, 5.74) is 1.22. The lowest BCUT2D eigenvalue weighted by atomic mass is 9.74. The zero-order chi connectivity index (χ0) is 18.2. The lowest BCUT2D eigenvalue weighted by Gasteiger charge is -2.28. The van der Waals surface area contributed by atoms with Crippen LogP contribution in [0.2, 0.25) is 0 Å². The van der Waals surface area contributed by atoms with Crippen molar-refractivity contribution in [2.75, 3.05) is 6.61 Å². The van der Waals surface area contributed by atoms with E-state index in [-0.39, 0.29) is 12.7 Å². The van der Waals surface area contributed by atoms with Crippen LogP contribution in [-0.2, 0) is 11.2 Å². The van der Waals surface area contributed by atoms with E-state index in [1.54, 1.807) is 0 Å². The van der Waals surface area contributed by atoms with Crippen molar-refractivity contribution in [3.8, 4) is 0 Å². The molecule has 0 spiro atoms. The predicted octanol–water partition coefficient (Wildman–Crippen LogP) is 4.27. The Morgan fingerprint density at radius 1 is 1.00 bits per heavy atom. The number of fused-ring (bicyclic) bond motifs is 2. The second-order valence-corrected chi connectivity index (χ2v) is 7.98. The number of rotatable bonds is 11. The highest BCUT2D eigenvalue weighted by molar-refractivity contribution is 5.15. The first kappa shape index (κ1) is 19.6. The van der Waals surface area contributed by atoms with E-state index >= 15 is 0 Å². The van der Waals surface area contributed by atoms with E-state index in [0.29, 0.717) is 24.0 Å². The monoisotopic (exact) mass is 358 g/mol. The molecule has 2 aliphatic rings. The van der Waals surface area contributed by atoms with Gasteiger partial charge in [-0.1, -0.05) is 48.9 Å². The quantitative estimate of drug-likeness (QED) is 0.459. The number of aliphatic hydroxyl groups excluding tert-OH is 2. The number of hydrogen-bond acceptors (Lipinski definition) is 3. The average molecular weight is 359 g/mol. The minimum Gasteiger partial charge on any atom is -0.393 e. The molecule has 26 heavy (non-hydrogen) atoms. The topological polar surface area (TPSA) is 49.7 Å². The van der Waals surface area contributed by atoms with Gasteiger partial charge in [-0.2, -0.15) is 0 Å². The molecule has 2 aliphatic heterocycles. The van der Waals surface area contributed by atoms with Crippen LogP contribution in [0.1, 0.15) is 56.9 Å². The Balaban J connectivity index is 1.42. The summed E-state index contributed by atoms with van der Waals surface area (Å²) in [7, 11) is 0. The highest BCUT2D eigenvalue weighted by atomic mass is 16.5. The van der Waals surface area contributed by atoms with Gasteiger partial charge in [-0.15, -0.1) is 0 Å². The van der Waals surface area contributed by atoms with Gasteiger partial charge in [0.25, 0.3) is 0 Å². The number of aliphatic hydroxyl groups is 2. The summed E-state index contributed by atoms with van der Waals surface area (Å²) < 4.78 is 6.21. The Bertz CT molecular complexity index is 542. The van der Waals surface area contributed by atoms with Crippen molar-refractivity contribution in [2.45, 2.75) is 76.1 Å². The molecule has 1 aromatic rings. The SMILES string of the molecule is OCC=CCCCCC1C2CCC(O2)C1CCC(O)Cc1ccccc1. The fourth-order valence-corrected chi connectivity index (χ4v) is 4.88. The molecule has 3 nitrogen and oxygen atoms in total. The molecule has 1 aromatic carbocycles. The van der Waals surface area contributed by atoms with Crippen molar-refractivity contribution in [1.29, 1.82) is 0 Å². The molecule has 0 saturated carbocycles. The molecule has 144 valence electrons. The van der Waals surface area contributed by atoms with Crippen LogP contribution >= 0.6 is 0 Å². The Kier molecular flexibility index (Phi) is 7.72. The second kappa shape index (κ2) is 10.2. The van der Waals surface area contributed by atoms with Crippen molar-refractivity contribution in [3.63, 3.8) is 0 Å². The van der Waals surface area contributed by atoms with Crippen LogP contribution < -0.4 is 0 Å². The van der Waals surface area contributed by atoms with Crippen LogP contribution in [0.4, 0.5) is 0 Å². The van der Waals surface area contributed by atoms with Crippen LogP contribution in [0, 0.1) is 11.8 Å². The van der Waals surface area contributed by atoms with Crippen LogP contribution in [0.5, 0.6) is 0 Å². The average Bonchev–Trinajstić information content (AvgIpc) is 3.25. The molecular formula is C23H34O3. The Hall–Kier alpha value is -1.16. The number of hydrogen-bond donors (Lipinski definition) is 2. The molecule has 2 fully saturated rings. The van der Waals surface area contributed by atoms with E-state index in [0.717, 1.165) is 25.7 Å². The van der Waals surface area contributed by atoms with E-state index in [9.17, 15) is 5.11 Å². The zero-order valence-corrected chi connectivity index (χ0v) is 15.8. The molecule has 5 atom stereocenters. The Morgan fingerprint density at radius 2 is 1.73 bits per heavy atom. The minimum absolute atomic E-state index is 0.146. The summed E-state index contributed by atoms with van der Waals surface area (Å²) in [6.45, 7) is 0.146. The normalized spacial score (nSPS) is 28.8. The zero-order valence-electron chi connectivity index (χ0n) is 15.8. The maximum atomic E-state index is 10.4. The van der Waals surface area contributed by atoms with Gasteiger partial charge < -0.3 is 14.9 Å². The molecule has 3 rings (SSSR count). The first-order chi connectivity index (χ1) is 12.8. The molecule has 3 heteroatoms. The predicted molar refractivity (Wildman–Crippen MR) is 105 cm³/mol. The number of ether oxygens (including phenoxy) is 1. The Labute approximate surface area is 158 Å². The summed E-state index contributed by atoms with van der Waals surface area (Å²) >= 11 is 0. The summed E-state index contributed by atoms with van der Waals surface area (Å²) in [4.78, 5) is 0. The van der Waals surface area contributed by atoms with E-state index in [1.807, 2.05) is 24.3 Å². The summed E-state index contributed by atoms with van der Waals surface area (Å²) in [5, 5.41) is 19.2. The third kappa shape index (κ3) is 5.42. The van der Waals surface area contributed by atoms with Gasteiger partial charge in [0.1, 0.15) is 0 Å². The molecule has 2 bridgehead atoms. The van der Waals surface area contributed by atoms with E-state index in [2.05, 4.69) is 18.2 Å². The molecule has 2 heterocycles. The molecule has 0 amide bonds. The summed E-state index contributed by atoms with van der Waals surface area (Å²) in [5.74, 6) is 1.31. The van der Waals surface area contributed by atoms with Crippen LogP contribution in [0.3, 0.4) is 0 Å². The Morgan fingerprint density at radius 3 is 2.46 bits per heavy atom. The van der Waals surface area contributed by atoms with E-state index < -0.39 is 0 Å². The van der Waals surface area contributed by atoms with Crippen LogP contribution in [0.15, 0.2) is 42.5 Å². The van der Waals surface area contributed by atoms with Gasteiger partial charge in [-0.25, -0.2) is 0 Å². The number of allylic oxidation sites excluding steroid dienone is 1. The van der Waals surface area contributed by atoms with Crippen LogP contribution in [0.25, 0.3) is 0 Å². The minimum atomic E-state index is -0.249. The standard InChI is InChI=1S/C23H34O3/c24-16-8-3-1-2-7-11-20-21(23-15-14-22(20)26-23)13-12-19(25)17-18-9-5-4-6-10-18/h3-6,8-10,19-25H,1-2,7,11-17H2. The van der Waals surface area contributed by atoms with Crippen molar-refractivity contribution in [3.05, 3.63) is 48.0 Å². The fraction of sp³-hybridized carbons (Fsp3) is 0.652. The lowest BCUT2D eigenvalue weighted by Crippen LogP contribution is -2.28. The van der Waals surface area contributed by atoms with Gasteiger partial charge in [0.2, 0.25) is 0 Å². The van der Waals surface area contributed by atoms with Crippen LogP contribution in [-0.4, -0.2) is 35.1 Å². The molecule has 0 aliphatic carbocycles. The maximum Gasteiger partial charge on any atom is 0.0612 e. The van der Waals surface area contributed by atoms with Gasteiger partial charge in [-0.3, -0.25) is 0 Å². The van der Waals surface area contributed by atoms with Gasteiger partial charge in [-0.05, 0) is 68.8 Å². The van der Waals surface area contributed by atoms with Crippen molar-refractivity contribution in [1.82, 2.24) is 0 Å². The molecule has 2 saturated heterocycles. The number of benzene rings is 1. The maximum absolute atomic E-state index is 10.4. The molecule has 0 aromatic heterocycles. The van der Waals surface area contributed by atoms with Gasteiger partial charge in [0.05, 0.1) is 24.9 Å². The highest BCUT2D eigenvalue weighted by Gasteiger charge is 2.47. The smallest absolute Gasteiger partial charge is 0.0612 e. The van der Waals surface area contributed by atoms with E-state index in [4.69, 9.17) is 9.84 Å². The van der Waals surface area contributed by atoms with Gasteiger partial charge >= 0.3 is 0 Å². The largest absolute Gasteiger partial charge is 0.393 e. The lowest BCUT2D eigenvalue weighted by molar-refractivity contribution is 0.0831. The first-order valence-electron chi connectivity index (χ1n) is 10.4.